The monoisotopic (exact) mass is 474 g/mol. The largest absolute Gasteiger partial charge is 0.504 e. The molecule has 1 heterocycles. The zero-order chi connectivity index (χ0) is 24.9. The van der Waals surface area contributed by atoms with Gasteiger partial charge in [0.05, 0.1) is 6.61 Å². The van der Waals surface area contributed by atoms with Crippen molar-refractivity contribution >= 4 is 5.97 Å². The van der Waals surface area contributed by atoms with E-state index in [1.165, 1.54) is 23.6 Å². The van der Waals surface area contributed by atoms with Crippen molar-refractivity contribution in [1.82, 2.24) is 0 Å². The van der Waals surface area contributed by atoms with Gasteiger partial charge in [0.2, 0.25) is 6.29 Å². The van der Waals surface area contributed by atoms with Gasteiger partial charge in [-0.05, 0) is 74.5 Å². The number of carbonyl (C=O) groups is 1. The molecule has 0 aromatic heterocycles. The van der Waals surface area contributed by atoms with Crippen molar-refractivity contribution in [2.45, 2.75) is 103 Å². The number of ether oxygens (including phenoxy) is 3. The highest BCUT2D eigenvalue weighted by Crippen LogP contribution is 2.58. The molecule has 0 amide bonds. The van der Waals surface area contributed by atoms with Crippen LogP contribution >= 0.6 is 0 Å². The summed E-state index contributed by atoms with van der Waals surface area (Å²) in [5, 5.41) is 32.6. The lowest BCUT2D eigenvalue weighted by Gasteiger charge is -2.44. The van der Waals surface area contributed by atoms with Crippen LogP contribution in [0.3, 0.4) is 0 Å². The van der Waals surface area contributed by atoms with Gasteiger partial charge in [-0.15, -0.1) is 0 Å². The Bertz CT molecular complexity index is 980. The number of phenolic OH excluding ortho intramolecular Hbond substituents is 1. The number of hydrogen-bond acceptors (Lipinski definition) is 7. The molecule has 1 aromatic carbocycles. The fourth-order valence-corrected chi connectivity index (χ4v) is 6.25. The number of rotatable bonds is 4. The topological polar surface area (TPSA) is 105 Å². The van der Waals surface area contributed by atoms with E-state index in [9.17, 15) is 20.1 Å². The molecule has 0 spiro atoms. The van der Waals surface area contributed by atoms with Crippen LogP contribution in [-0.2, 0) is 14.3 Å². The number of aliphatic hydroxyl groups excluding tert-OH is 2. The van der Waals surface area contributed by atoms with Crippen molar-refractivity contribution in [3.63, 3.8) is 0 Å². The third-order valence-corrected chi connectivity index (χ3v) is 7.77. The van der Waals surface area contributed by atoms with Gasteiger partial charge in [0.1, 0.15) is 12.2 Å². The molecule has 3 aliphatic rings. The van der Waals surface area contributed by atoms with Gasteiger partial charge in [-0.1, -0.05) is 25.5 Å². The Morgan fingerprint density at radius 2 is 1.76 bits per heavy atom. The lowest BCUT2D eigenvalue weighted by Crippen LogP contribution is -2.56. The number of hydrogen-bond donors (Lipinski definition) is 3. The van der Waals surface area contributed by atoms with Crippen molar-refractivity contribution in [2.24, 2.45) is 5.92 Å². The Balaban J connectivity index is 1.76. The molecule has 1 saturated heterocycles. The second-order valence-electron chi connectivity index (χ2n) is 10.6. The van der Waals surface area contributed by atoms with E-state index in [-0.39, 0.29) is 24.2 Å². The van der Waals surface area contributed by atoms with Gasteiger partial charge in [-0.25, -0.2) is 0 Å². The summed E-state index contributed by atoms with van der Waals surface area (Å²) in [7, 11) is 0. The van der Waals surface area contributed by atoms with E-state index in [0.717, 1.165) is 30.4 Å². The maximum absolute atomic E-state index is 11.4. The first kappa shape index (κ1) is 25.0. The Labute approximate surface area is 201 Å². The van der Waals surface area contributed by atoms with Crippen LogP contribution in [0.1, 0.15) is 93.9 Å². The lowest BCUT2D eigenvalue weighted by atomic mass is 9.62. The number of esters is 1. The van der Waals surface area contributed by atoms with Crippen molar-refractivity contribution in [3.8, 4) is 11.5 Å². The summed E-state index contributed by atoms with van der Waals surface area (Å²) < 4.78 is 16.8. The number of carbonyl (C=O) groups excluding carboxylic acids is 1. The minimum absolute atomic E-state index is 0.103. The summed E-state index contributed by atoms with van der Waals surface area (Å²) in [5.74, 6) is 1.16. The van der Waals surface area contributed by atoms with Crippen LogP contribution in [-0.4, -0.2) is 52.5 Å². The van der Waals surface area contributed by atoms with E-state index in [1.807, 2.05) is 6.92 Å². The summed E-state index contributed by atoms with van der Waals surface area (Å²) in [5.41, 5.74) is 5.50. The average molecular weight is 475 g/mol. The van der Waals surface area contributed by atoms with Gasteiger partial charge < -0.3 is 29.5 Å². The standard InChI is InChI=1S/C27H38O7/c1-12(2)9-17-10-14(4)18-8-7-13(3)20-22(18)21(17)15(5)26(24(20)30)34-27-25(31)23(29)19(11-32-27)33-16(6)28/h9,13-14,17-19,23,25,27,29-31H,7-8,10-11H2,1-6H3/t13-,14-,17+,18+,19-,23-,25+,27-/m0/s1. The zero-order valence-corrected chi connectivity index (χ0v) is 21.0. The second-order valence-corrected chi connectivity index (χ2v) is 10.6. The van der Waals surface area contributed by atoms with E-state index in [2.05, 4.69) is 33.8 Å². The Hall–Kier alpha value is -2.09. The molecule has 7 nitrogen and oxygen atoms in total. The lowest BCUT2D eigenvalue weighted by molar-refractivity contribution is -0.248. The van der Waals surface area contributed by atoms with Crippen molar-refractivity contribution in [3.05, 3.63) is 33.9 Å². The first-order valence-electron chi connectivity index (χ1n) is 12.4. The molecule has 8 atom stereocenters. The molecule has 188 valence electrons. The number of aliphatic hydroxyl groups is 2. The molecule has 7 heteroatoms. The van der Waals surface area contributed by atoms with E-state index < -0.39 is 30.6 Å². The zero-order valence-electron chi connectivity index (χ0n) is 21.0. The molecule has 0 bridgehead atoms. The van der Waals surface area contributed by atoms with E-state index in [4.69, 9.17) is 14.2 Å². The number of aromatic hydroxyl groups is 1. The fourth-order valence-electron chi connectivity index (χ4n) is 6.25. The summed E-state index contributed by atoms with van der Waals surface area (Å²) >= 11 is 0. The second kappa shape index (κ2) is 9.51. The van der Waals surface area contributed by atoms with Gasteiger partial charge in [0.15, 0.2) is 17.6 Å². The molecule has 0 unspecified atom stereocenters. The summed E-state index contributed by atoms with van der Waals surface area (Å²) in [4.78, 5) is 11.3. The molecule has 2 aliphatic carbocycles. The van der Waals surface area contributed by atoms with E-state index in [0.29, 0.717) is 17.6 Å². The van der Waals surface area contributed by atoms with Gasteiger partial charge in [-0.3, -0.25) is 4.79 Å². The van der Waals surface area contributed by atoms with Crippen LogP contribution in [0.2, 0.25) is 0 Å². The predicted molar refractivity (Wildman–Crippen MR) is 127 cm³/mol. The Morgan fingerprint density at radius 3 is 2.41 bits per heavy atom. The third kappa shape index (κ3) is 4.34. The van der Waals surface area contributed by atoms with Crippen LogP contribution in [0.15, 0.2) is 11.6 Å². The Morgan fingerprint density at radius 1 is 1.06 bits per heavy atom. The number of benzene rings is 1. The smallest absolute Gasteiger partial charge is 0.303 e. The van der Waals surface area contributed by atoms with E-state index >= 15 is 0 Å². The molecule has 3 N–H and O–H groups in total. The van der Waals surface area contributed by atoms with Gasteiger partial charge in [-0.2, -0.15) is 0 Å². The highest BCUT2D eigenvalue weighted by Gasteiger charge is 2.44. The van der Waals surface area contributed by atoms with Crippen LogP contribution in [0.25, 0.3) is 0 Å². The highest BCUT2D eigenvalue weighted by atomic mass is 16.7. The third-order valence-electron chi connectivity index (χ3n) is 7.77. The summed E-state index contributed by atoms with van der Waals surface area (Å²) in [6, 6.07) is 0. The molecule has 1 fully saturated rings. The number of phenols is 1. The minimum atomic E-state index is -1.44. The average Bonchev–Trinajstić information content (AvgIpc) is 2.74. The maximum atomic E-state index is 11.4. The van der Waals surface area contributed by atoms with Crippen LogP contribution in [0.4, 0.5) is 0 Å². The van der Waals surface area contributed by atoms with Gasteiger partial charge in [0.25, 0.3) is 0 Å². The number of allylic oxidation sites excluding steroid dienone is 2. The van der Waals surface area contributed by atoms with E-state index in [1.54, 1.807) is 0 Å². The summed E-state index contributed by atoms with van der Waals surface area (Å²) in [6.07, 6.45) is 0.466. The van der Waals surface area contributed by atoms with Crippen molar-refractivity contribution in [2.75, 3.05) is 6.61 Å². The van der Waals surface area contributed by atoms with Crippen LogP contribution in [0, 0.1) is 12.8 Å². The molecule has 4 rings (SSSR count). The quantitative estimate of drug-likeness (QED) is 0.444. The van der Waals surface area contributed by atoms with Crippen molar-refractivity contribution < 1.29 is 34.3 Å². The molecule has 1 aliphatic heterocycles. The molecule has 1 aromatic rings. The fraction of sp³-hybridized carbons (Fsp3) is 0.667. The first-order valence-corrected chi connectivity index (χ1v) is 12.4. The first-order chi connectivity index (χ1) is 16.0. The van der Waals surface area contributed by atoms with Gasteiger partial charge >= 0.3 is 5.97 Å². The molecular formula is C27H38O7. The normalized spacial score (nSPS) is 34.7. The minimum Gasteiger partial charge on any atom is -0.504 e. The van der Waals surface area contributed by atoms with Crippen LogP contribution < -0.4 is 4.74 Å². The maximum Gasteiger partial charge on any atom is 0.303 e. The van der Waals surface area contributed by atoms with Crippen LogP contribution in [0.5, 0.6) is 11.5 Å². The molecule has 0 saturated carbocycles. The Kier molecular flexibility index (Phi) is 7.00. The molecule has 34 heavy (non-hydrogen) atoms. The van der Waals surface area contributed by atoms with Gasteiger partial charge in [0, 0.05) is 18.4 Å². The SMILES string of the molecule is CC(=O)O[C@H]1CO[C@@H](Oc2c(C)c3c4c(c2O)[C@@H](C)CC[C@@H]4[C@@H](C)C[C@H]3C=C(C)C)[C@H](O)[C@H]1O. The molecule has 0 radical (unpaired) electrons. The van der Waals surface area contributed by atoms with Crippen molar-refractivity contribution in [1.29, 1.82) is 0 Å². The molecular weight excluding hydrogens is 436 g/mol. The predicted octanol–water partition coefficient (Wildman–Crippen LogP) is 4.16. The highest BCUT2D eigenvalue weighted by molar-refractivity contribution is 5.66. The summed E-state index contributed by atoms with van der Waals surface area (Å²) in [6.45, 7) is 11.7.